The molecule has 0 saturated heterocycles. The zero-order chi connectivity index (χ0) is 7.82. The minimum Gasteiger partial charge on any atom is -0.0877 e. The van der Waals surface area contributed by atoms with Crippen molar-refractivity contribution in [2.75, 3.05) is 0 Å². The molecule has 0 aliphatic heterocycles. The van der Waals surface area contributed by atoms with Gasteiger partial charge in [-0.3, -0.25) is 0 Å². The lowest BCUT2D eigenvalue weighted by Gasteiger charge is -1.85. The summed E-state index contributed by atoms with van der Waals surface area (Å²) >= 11 is 0. The summed E-state index contributed by atoms with van der Waals surface area (Å²) in [4.78, 5) is 0. The van der Waals surface area contributed by atoms with Gasteiger partial charge in [0.1, 0.15) is 0 Å². The highest BCUT2D eigenvalue weighted by molar-refractivity contribution is 5.20. The molecule has 0 unspecified atom stereocenters. The van der Waals surface area contributed by atoms with E-state index in [0.717, 1.165) is 6.42 Å². The number of hydrogen-bond donors (Lipinski definition) is 0. The van der Waals surface area contributed by atoms with Gasteiger partial charge in [-0.25, -0.2) is 0 Å². The Hall–Kier alpha value is -0.780. The van der Waals surface area contributed by atoms with Crippen LogP contribution >= 0.6 is 0 Å². The van der Waals surface area contributed by atoms with E-state index in [0.29, 0.717) is 0 Å². The molecule has 0 aliphatic carbocycles. The smallest absolute Gasteiger partial charge is 0.0376 e. The molecule has 0 aliphatic rings. The van der Waals surface area contributed by atoms with E-state index in [1.54, 1.807) is 0 Å². The molecule has 0 nitrogen and oxygen atoms in total. The lowest BCUT2D eigenvalue weighted by molar-refractivity contribution is 1.22. The molecule has 0 heteroatoms. The van der Waals surface area contributed by atoms with Crippen molar-refractivity contribution in [3.8, 4) is 0 Å². The predicted octanol–water partition coefficient (Wildman–Crippen LogP) is 3.48. The van der Waals surface area contributed by atoms with E-state index in [9.17, 15) is 0 Å². The molecule has 0 fully saturated rings. The van der Waals surface area contributed by atoms with Gasteiger partial charge < -0.3 is 0 Å². The SMILES string of the molecule is C/C=C/C=C(/C)C=CCC. The summed E-state index contributed by atoms with van der Waals surface area (Å²) in [6.45, 7) is 6.26. The average molecular weight is 136 g/mol. The fourth-order valence-corrected chi connectivity index (χ4v) is 0.607. The molecule has 0 spiro atoms. The van der Waals surface area contributed by atoms with Crippen molar-refractivity contribution < 1.29 is 0 Å². The molecule has 0 aromatic rings. The van der Waals surface area contributed by atoms with Gasteiger partial charge in [-0.05, 0) is 20.3 Å². The first-order chi connectivity index (χ1) is 4.81. The van der Waals surface area contributed by atoms with Crippen LogP contribution in [0.15, 0.2) is 36.0 Å². The maximum absolute atomic E-state index is 2.16. The highest BCUT2D eigenvalue weighted by atomic mass is 13.8. The molecule has 0 bridgehead atoms. The molecular formula is C10H16. The van der Waals surface area contributed by atoms with Crippen molar-refractivity contribution in [3.63, 3.8) is 0 Å². The topological polar surface area (TPSA) is 0 Å². The third-order valence-corrected chi connectivity index (χ3v) is 1.17. The van der Waals surface area contributed by atoms with Crippen molar-refractivity contribution in [2.24, 2.45) is 0 Å². The second-order valence-electron chi connectivity index (χ2n) is 2.25. The second-order valence-corrected chi connectivity index (χ2v) is 2.25. The molecular weight excluding hydrogens is 120 g/mol. The number of hydrogen-bond acceptors (Lipinski definition) is 0. The van der Waals surface area contributed by atoms with Crippen molar-refractivity contribution in [1.29, 1.82) is 0 Å². The quantitative estimate of drug-likeness (QED) is 0.521. The van der Waals surface area contributed by atoms with Gasteiger partial charge in [-0.15, -0.1) is 0 Å². The lowest BCUT2D eigenvalue weighted by atomic mass is 10.2. The van der Waals surface area contributed by atoms with E-state index in [2.05, 4.69) is 38.2 Å². The summed E-state index contributed by atoms with van der Waals surface area (Å²) in [6.07, 6.45) is 11.6. The van der Waals surface area contributed by atoms with Crippen LogP contribution in [0.2, 0.25) is 0 Å². The van der Waals surface area contributed by atoms with Crippen LogP contribution in [0.1, 0.15) is 27.2 Å². The van der Waals surface area contributed by atoms with Crippen LogP contribution in [0.3, 0.4) is 0 Å². The van der Waals surface area contributed by atoms with Gasteiger partial charge in [-0.1, -0.05) is 42.9 Å². The van der Waals surface area contributed by atoms with Gasteiger partial charge in [0.05, 0.1) is 0 Å². The third kappa shape index (κ3) is 5.36. The Morgan fingerprint density at radius 3 is 2.60 bits per heavy atom. The summed E-state index contributed by atoms with van der Waals surface area (Å²) < 4.78 is 0. The first-order valence-corrected chi connectivity index (χ1v) is 3.77. The lowest BCUT2D eigenvalue weighted by Crippen LogP contribution is -1.64. The standard InChI is InChI=1S/C10H16/c1-4-6-8-10(3)9-7-5-2/h4,6-9H,5H2,1-3H3/b6-4+,9-7?,10-8-. The Bertz CT molecular complexity index is 147. The van der Waals surface area contributed by atoms with Gasteiger partial charge in [0.2, 0.25) is 0 Å². The first-order valence-electron chi connectivity index (χ1n) is 3.77. The van der Waals surface area contributed by atoms with E-state index in [4.69, 9.17) is 0 Å². The van der Waals surface area contributed by atoms with Crippen molar-refractivity contribution in [3.05, 3.63) is 36.0 Å². The molecule has 56 valence electrons. The first kappa shape index (κ1) is 9.22. The molecule has 0 amide bonds. The molecule has 10 heavy (non-hydrogen) atoms. The predicted molar refractivity (Wildman–Crippen MR) is 48.0 cm³/mol. The van der Waals surface area contributed by atoms with E-state index in [1.165, 1.54) is 5.57 Å². The van der Waals surface area contributed by atoms with Gasteiger partial charge in [0.15, 0.2) is 0 Å². The summed E-state index contributed by atoms with van der Waals surface area (Å²) in [6, 6.07) is 0. The maximum atomic E-state index is 2.16. The van der Waals surface area contributed by atoms with Gasteiger partial charge in [-0.2, -0.15) is 0 Å². The molecule has 0 radical (unpaired) electrons. The largest absolute Gasteiger partial charge is 0.0877 e. The average Bonchev–Trinajstić information content (AvgIpc) is 1.97. The summed E-state index contributed by atoms with van der Waals surface area (Å²) in [5, 5.41) is 0. The Morgan fingerprint density at radius 2 is 2.10 bits per heavy atom. The van der Waals surface area contributed by atoms with Gasteiger partial charge in [0.25, 0.3) is 0 Å². The van der Waals surface area contributed by atoms with Crippen molar-refractivity contribution in [2.45, 2.75) is 27.2 Å². The van der Waals surface area contributed by atoms with Crippen LogP contribution in [-0.2, 0) is 0 Å². The van der Waals surface area contributed by atoms with Gasteiger partial charge >= 0.3 is 0 Å². The van der Waals surface area contributed by atoms with E-state index >= 15 is 0 Å². The number of allylic oxidation sites excluding steroid dienone is 6. The molecule has 0 aromatic heterocycles. The fraction of sp³-hybridized carbons (Fsp3) is 0.400. The molecule has 0 rings (SSSR count). The Balaban J connectivity index is 3.81. The number of rotatable bonds is 3. The minimum absolute atomic E-state index is 1.11. The third-order valence-electron chi connectivity index (χ3n) is 1.17. The zero-order valence-corrected chi connectivity index (χ0v) is 7.09. The summed E-state index contributed by atoms with van der Waals surface area (Å²) in [5.41, 5.74) is 1.31. The van der Waals surface area contributed by atoms with Gasteiger partial charge in [0, 0.05) is 0 Å². The minimum atomic E-state index is 1.11. The molecule has 0 aromatic carbocycles. The highest BCUT2D eigenvalue weighted by Gasteiger charge is 1.74. The molecule has 0 heterocycles. The van der Waals surface area contributed by atoms with Crippen LogP contribution in [0.4, 0.5) is 0 Å². The van der Waals surface area contributed by atoms with E-state index in [-0.39, 0.29) is 0 Å². The summed E-state index contributed by atoms with van der Waals surface area (Å²) in [5.74, 6) is 0. The normalized spacial score (nSPS) is 13.7. The second kappa shape index (κ2) is 6.34. The van der Waals surface area contributed by atoms with E-state index < -0.39 is 0 Å². The molecule has 0 N–H and O–H groups in total. The van der Waals surface area contributed by atoms with Crippen LogP contribution in [0.25, 0.3) is 0 Å². The molecule has 0 saturated carbocycles. The zero-order valence-electron chi connectivity index (χ0n) is 7.09. The van der Waals surface area contributed by atoms with Crippen LogP contribution in [0, 0.1) is 0 Å². The Labute approximate surface area is 64.0 Å². The van der Waals surface area contributed by atoms with E-state index in [1.807, 2.05) is 13.0 Å². The Kier molecular flexibility index (Phi) is 5.85. The highest BCUT2D eigenvalue weighted by Crippen LogP contribution is 1.95. The van der Waals surface area contributed by atoms with Crippen LogP contribution in [0.5, 0.6) is 0 Å². The monoisotopic (exact) mass is 136 g/mol. The fourth-order valence-electron chi connectivity index (χ4n) is 0.607. The molecule has 0 atom stereocenters. The Morgan fingerprint density at radius 1 is 1.40 bits per heavy atom. The van der Waals surface area contributed by atoms with Crippen molar-refractivity contribution in [1.82, 2.24) is 0 Å². The van der Waals surface area contributed by atoms with Crippen molar-refractivity contribution >= 4 is 0 Å². The maximum Gasteiger partial charge on any atom is -0.0376 e. The van der Waals surface area contributed by atoms with Crippen LogP contribution in [-0.4, -0.2) is 0 Å². The summed E-state index contributed by atoms with van der Waals surface area (Å²) in [7, 11) is 0. The van der Waals surface area contributed by atoms with Crippen LogP contribution < -0.4 is 0 Å².